The maximum atomic E-state index is 13.7. The molecule has 1 unspecified atom stereocenters. The molecule has 252 valence electrons. The molecule has 4 heterocycles. The number of rotatable bonds is 11. The Morgan fingerprint density at radius 2 is 1.71 bits per heavy atom. The van der Waals surface area contributed by atoms with E-state index in [1.54, 1.807) is 23.5 Å². The van der Waals surface area contributed by atoms with Crippen LogP contribution in [0.1, 0.15) is 43.2 Å². The van der Waals surface area contributed by atoms with Crippen LogP contribution in [-0.4, -0.2) is 74.4 Å². The summed E-state index contributed by atoms with van der Waals surface area (Å²) in [6.45, 7) is 0.859. The summed E-state index contributed by atoms with van der Waals surface area (Å²) in [6.07, 6.45) is 5.13. The van der Waals surface area contributed by atoms with Crippen molar-refractivity contribution in [2.24, 2.45) is 0 Å². The molecule has 16 heteroatoms. The zero-order valence-electron chi connectivity index (χ0n) is 26.1. The third-order valence-electron chi connectivity index (χ3n) is 8.15. The van der Waals surface area contributed by atoms with Crippen LogP contribution in [0.25, 0.3) is 11.3 Å². The largest absolute Gasteiger partial charge is 0.474 e. The van der Waals surface area contributed by atoms with Gasteiger partial charge in [-0.1, -0.05) is 30.3 Å². The monoisotopic (exact) mass is 665 g/mol. The fourth-order valence-electron chi connectivity index (χ4n) is 5.45. The smallest absolute Gasteiger partial charge is 0.423 e. The lowest BCUT2D eigenvalue weighted by atomic mass is 9.90. The predicted octanol–water partition coefficient (Wildman–Crippen LogP) is 5.06. The number of carbonyl (C=O) groups excluding carboxylic acids is 1. The Kier molecular flexibility index (Phi) is 10.1. The Labute approximate surface area is 274 Å². The number of carbonyl (C=O) groups is 1. The average Bonchev–Trinajstić information content (AvgIpc) is 3.08. The van der Waals surface area contributed by atoms with E-state index in [1.165, 1.54) is 13.3 Å². The molecule has 2 aliphatic rings. The summed E-state index contributed by atoms with van der Waals surface area (Å²) in [4.78, 5) is 40.6. The van der Waals surface area contributed by atoms with Gasteiger partial charge in [0.05, 0.1) is 31.3 Å². The van der Waals surface area contributed by atoms with Crippen LogP contribution in [-0.2, 0) is 17.5 Å². The van der Waals surface area contributed by atoms with Gasteiger partial charge in [0, 0.05) is 55.8 Å². The number of hydrogen-bond acceptors (Lipinski definition) is 11. The number of methoxy groups -OCH3 is 1. The van der Waals surface area contributed by atoms with Gasteiger partial charge in [-0.05, 0) is 31.2 Å². The van der Waals surface area contributed by atoms with E-state index >= 15 is 0 Å². The number of halogens is 3. The van der Waals surface area contributed by atoms with Crippen LogP contribution in [0.4, 0.5) is 29.7 Å². The average molecular weight is 666 g/mol. The molecule has 0 spiro atoms. The second-order valence-corrected chi connectivity index (χ2v) is 11.4. The summed E-state index contributed by atoms with van der Waals surface area (Å²) in [7, 11) is 1.48. The molecule has 0 bridgehead atoms. The van der Waals surface area contributed by atoms with Crippen molar-refractivity contribution in [3.05, 3.63) is 72.4 Å². The second-order valence-electron chi connectivity index (χ2n) is 11.4. The molecule has 1 aliphatic carbocycles. The SMILES string of the molecule is COc1ncc(-c2cnc(N(C(=O)NCc3ccccc3)[C@H]3CC[C@H](Nc4ncc(C(F)(F)F)c(OCC5CCO5)n4)CC3)cn2)cn1. The molecular weight excluding hydrogens is 631 g/mol. The maximum absolute atomic E-state index is 13.7. The van der Waals surface area contributed by atoms with Gasteiger partial charge in [0.1, 0.15) is 12.2 Å². The fourth-order valence-corrected chi connectivity index (χ4v) is 5.45. The molecule has 13 nitrogen and oxygen atoms in total. The molecule has 48 heavy (non-hydrogen) atoms. The van der Waals surface area contributed by atoms with E-state index in [9.17, 15) is 18.0 Å². The zero-order valence-corrected chi connectivity index (χ0v) is 26.1. The van der Waals surface area contributed by atoms with E-state index < -0.39 is 17.6 Å². The summed E-state index contributed by atoms with van der Waals surface area (Å²) in [5.74, 6) is -0.121. The summed E-state index contributed by atoms with van der Waals surface area (Å²) in [5, 5.41) is 6.15. The number of hydrogen-bond donors (Lipinski definition) is 2. The molecule has 2 N–H and O–H groups in total. The molecule has 1 saturated carbocycles. The van der Waals surface area contributed by atoms with Gasteiger partial charge in [-0.3, -0.25) is 9.88 Å². The van der Waals surface area contributed by atoms with Crippen molar-refractivity contribution in [2.45, 2.75) is 63.0 Å². The minimum Gasteiger partial charge on any atom is -0.474 e. The highest BCUT2D eigenvalue weighted by molar-refractivity contribution is 5.91. The van der Waals surface area contributed by atoms with E-state index in [0.29, 0.717) is 55.9 Å². The highest BCUT2D eigenvalue weighted by Crippen LogP contribution is 2.36. The van der Waals surface area contributed by atoms with Crippen molar-refractivity contribution >= 4 is 17.8 Å². The molecule has 2 amide bonds. The number of benzene rings is 1. The molecule has 3 aromatic heterocycles. The number of anilines is 2. The van der Waals surface area contributed by atoms with E-state index in [2.05, 4.69) is 40.5 Å². The molecule has 1 saturated heterocycles. The predicted molar refractivity (Wildman–Crippen MR) is 167 cm³/mol. The van der Waals surface area contributed by atoms with Crippen molar-refractivity contribution in [1.29, 1.82) is 0 Å². The van der Waals surface area contributed by atoms with Gasteiger partial charge in [0.2, 0.25) is 11.8 Å². The molecule has 6 rings (SSSR count). The molecule has 0 radical (unpaired) electrons. The number of aromatic nitrogens is 6. The quantitative estimate of drug-likeness (QED) is 0.221. The third kappa shape index (κ3) is 8.05. The van der Waals surface area contributed by atoms with E-state index in [0.717, 1.165) is 18.2 Å². The minimum atomic E-state index is -4.67. The summed E-state index contributed by atoms with van der Waals surface area (Å²) in [6, 6.07) is 9.10. The van der Waals surface area contributed by atoms with Crippen LogP contribution in [0.15, 0.2) is 61.3 Å². The first kappa shape index (κ1) is 32.8. The van der Waals surface area contributed by atoms with E-state index in [4.69, 9.17) is 14.2 Å². The first-order valence-corrected chi connectivity index (χ1v) is 15.5. The standard InChI is InChI=1S/C32H34F3N9O4/c1-46-30-39-14-21(15-40-30)26-17-37-27(18-36-26)44(31(45)41-13-20-5-3-2-4-6-20)23-9-7-22(8-10-23)42-29-38-16-25(32(33,34)35)28(43-29)48-19-24-11-12-47-24/h2-6,14-18,22-24H,7-13,19H2,1H3,(H,41,45)(H,38,42,43)/t22-,23-,24?. The van der Waals surface area contributed by atoms with Gasteiger partial charge in [-0.2, -0.15) is 18.2 Å². The summed E-state index contributed by atoms with van der Waals surface area (Å²) >= 11 is 0. The summed E-state index contributed by atoms with van der Waals surface area (Å²) in [5.41, 5.74) is 1.07. The lowest BCUT2D eigenvalue weighted by molar-refractivity contribution is -0.140. The minimum absolute atomic E-state index is 0.0233. The van der Waals surface area contributed by atoms with Gasteiger partial charge in [0.15, 0.2) is 5.82 Å². The lowest BCUT2D eigenvalue weighted by Crippen LogP contribution is -2.49. The zero-order chi connectivity index (χ0) is 33.5. The van der Waals surface area contributed by atoms with Crippen LogP contribution in [0.2, 0.25) is 0 Å². The number of alkyl halides is 3. The van der Waals surface area contributed by atoms with Gasteiger partial charge in [-0.25, -0.2) is 24.7 Å². The van der Waals surface area contributed by atoms with Gasteiger partial charge in [-0.15, -0.1) is 0 Å². The molecule has 1 aromatic carbocycles. The number of nitrogens with one attached hydrogen (secondary N) is 2. The number of urea groups is 1. The Balaban J connectivity index is 1.14. The van der Waals surface area contributed by atoms with Gasteiger partial charge in [0.25, 0.3) is 0 Å². The molecule has 1 atom stereocenters. The highest BCUT2D eigenvalue weighted by atomic mass is 19.4. The van der Waals surface area contributed by atoms with Gasteiger partial charge >= 0.3 is 18.2 Å². The fraction of sp³-hybridized carbons (Fsp3) is 0.406. The lowest BCUT2D eigenvalue weighted by Gasteiger charge is -2.36. The van der Waals surface area contributed by atoms with Crippen LogP contribution >= 0.6 is 0 Å². The van der Waals surface area contributed by atoms with Crippen LogP contribution in [0.3, 0.4) is 0 Å². The third-order valence-corrected chi connectivity index (χ3v) is 8.15. The molecule has 2 fully saturated rings. The molecule has 1 aliphatic heterocycles. The Bertz CT molecular complexity index is 1650. The van der Waals surface area contributed by atoms with Crippen LogP contribution in [0, 0.1) is 0 Å². The second kappa shape index (κ2) is 14.8. The molecule has 4 aromatic rings. The van der Waals surface area contributed by atoms with E-state index in [1.807, 2.05) is 30.3 Å². The number of nitrogens with zero attached hydrogens (tertiary/aromatic N) is 7. The number of amides is 2. The normalized spacial score (nSPS) is 19.1. The van der Waals surface area contributed by atoms with Crippen molar-refractivity contribution in [2.75, 3.05) is 30.5 Å². The first-order chi connectivity index (χ1) is 23.3. The topological polar surface area (TPSA) is 149 Å². The Morgan fingerprint density at radius 3 is 2.33 bits per heavy atom. The van der Waals surface area contributed by atoms with Crippen LogP contribution in [0.5, 0.6) is 11.9 Å². The van der Waals surface area contributed by atoms with Crippen LogP contribution < -0.4 is 25.0 Å². The number of ether oxygens (including phenoxy) is 3. The Morgan fingerprint density at radius 1 is 0.958 bits per heavy atom. The first-order valence-electron chi connectivity index (χ1n) is 15.5. The maximum Gasteiger partial charge on any atom is 0.423 e. The van der Waals surface area contributed by atoms with Crippen molar-refractivity contribution in [3.63, 3.8) is 0 Å². The molecular formula is C32H34F3N9O4. The summed E-state index contributed by atoms with van der Waals surface area (Å²) < 4.78 is 56.5. The van der Waals surface area contributed by atoms with Crippen molar-refractivity contribution in [3.8, 4) is 23.1 Å². The van der Waals surface area contributed by atoms with Crippen molar-refractivity contribution < 1.29 is 32.2 Å². The van der Waals surface area contributed by atoms with E-state index in [-0.39, 0.29) is 42.8 Å². The Hall–Kier alpha value is -5.12. The van der Waals surface area contributed by atoms with Gasteiger partial charge < -0.3 is 24.8 Å². The van der Waals surface area contributed by atoms with Crippen molar-refractivity contribution in [1.82, 2.24) is 35.2 Å². The highest BCUT2D eigenvalue weighted by Gasteiger charge is 2.37.